The number of benzene rings is 1. The van der Waals surface area contributed by atoms with Gasteiger partial charge in [-0.15, -0.1) is 11.3 Å². The van der Waals surface area contributed by atoms with Gasteiger partial charge in [-0.05, 0) is 36.4 Å². The predicted molar refractivity (Wildman–Crippen MR) is 79.4 cm³/mol. The number of ether oxygens (including phenoxy) is 1. The van der Waals surface area contributed by atoms with Crippen LogP contribution in [-0.4, -0.2) is 12.9 Å². The van der Waals surface area contributed by atoms with E-state index in [-0.39, 0.29) is 5.78 Å². The lowest BCUT2D eigenvalue weighted by Gasteiger charge is -2.02. The highest BCUT2D eigenvalue weighted by molar-refractivity contribution is 7.18. The van der Waals surface area contributed by atoms with Crippen molar-refractivity contribution < 1.29 is 9.53 Å². The lowest BCUT2D eigenvalue weighted by molar-refractivity contribution is 0.105. The van der Waals surface area contributed by atoms with Crippen LogP contribution in [0.25, 0.3) is 0 Å². The summed E-state index contributed by atoms with van der Waals surface area (Å²) in [6.07, 6.45) is 3.09. The topological polar surface area (TPSA) is 38.3 Å². The molecule has 2 rings (SSSR count). The molecule has 0 amide bonds. The Morgan fingerprint density at radius 2 is 2.00 bits per heavy atom. The number of carbonyl (C=O) groups excluding carboxylic acids is 1. The highest BCUT2D eigenvalue weighted by Gasteiger charge is 2.04. The summed E-state index contributed by atoms with van der Waals surface area (Å²) in [5.74, 6) is 0.719. The minimum atomic E-state index is -0.0714. The number of anilines is 1. The number of hydrogen-bond acceptors (Lipinski definition) is 4. The third kappa shape index (κ3) is 3.84. The summed E-state index contributed by atoms with van der Waals surface area (Å²) in [4.78, 5) is 12.4. The van der Waals surface area contributed by atoms with E-state index in [0.717, 1.165) is 11.4 Å². The van der Waals surface area contributed by atoms with Crippen LogP contribution < -0.4 is 10.1 Å². The molecule has 19 heavy (non-hydrogen) atoms. The Labute approximate surface area is 120 Å². The van der Waals surface area contributed by atoms with Gasteiger partial charge >= 0.3 is 0 Å². The fourth-order valence-corrected chi connectivity index (χ4v) is 2.39. The molecule has 5 heteroatoms. The van der Waals surface area contributed by atoms with Crippen LogP contribution in [0.3, 0.4) is 0 Å². The molecule has 3 nitrogen and oxygen atoms in total. The molecule has 0 aliphatic rings. The Morgan fingerprint density at radius 1 is 1.26 bits per heavy atom. The van der Waals surface area contributed by atoms with E-state index in [2.05, 4.69) is 5.32 Å². The molecule has 0 spiro atoms. The highest BCUT2D eigenvalue weighted by atomic mass is 35.5. The quantitative estimate of drug-likeness (QED) is 0.662. The van der Waals surface area contributed by atoms with Crippen molar-refractivity contribution in [2.24, 2.45) is 0 Å². The van der Waals surface area contributed by atoms with Crippen LogP contribution in [0.4, 0.5) is 5.69 Å². The summed E-state index contributed by atoms with van der Waals surface area (Å²) in [5.41, 5.74) is 0.883. The van der Waals surface area contributed by atoms with Gasteiger partial charge in [0, 0.05) is 18.0 Å². The summed E-state index contributed by atoms with van der Waals surface area (Å²) in [6, 6.07) is 10.9. The largest absolute Gasteiger partial charge is 0.497 e. The first-order chi connectivity index (χ1) is 9.19. The van der Waals surface area contributed by atoms with E-state index >= 15 is 0 Å². The van der Waals surface area contributed by atoms with Crippen molar-refractivity contribution in [2.45, 2.75) is 0 Å². The predicted octanol–water partition coefficient (Wildman–Crippen LogP) is 4.22. The Hall–Kier alpha value is -1.78. The number of ketones is 1. The van der Waals surface area contributed by atoms with Gasteiger partial charge in [0.2, 0.25) is 0 Å². The first-order valence-electron chi connectivity index (χ1n) is 5.56. The van der Waals surface area contributed by atoms with Gasteiger partial charge in [-0.1, -0.05) is 11.6 Å². The van der Waals surface area contributed by atoms with Crippen LogP contribution in [0.2, 0.25) is 4.34 Å². The fraction of sp³-hybridized carbons (Fsp3) is 0.0714. The van der Waals surface area contributed by atoms with Gasteiger partial charge < -0.3 is 10.1 Å². The van der Waals surface area contributed by atoms with Gasteiger partial charge in [0.05, 0.1) is 16.3 Å². The molecule has 0 saturated carbocycles. The van der Waals surface area contributed by atoms with Gasteiger partial charge in [-0.2, -0.15) is 0 Å². The molecule has 0 unspecified atom stereocenters. The smallest absolute Gasteiger partial charge is 0.197 e. The van der Waals surface area contributed by atoms with Crippen molar-refractivity contribution in [3.05, 3.63) is 57.9 Å². The van der Waals surface area contributed by atoms with Gasteiger partial charge in [-0.3, -0.25) is 4.79 Å². The number of carbonyl (C=O) groups is 1. The number of allylic oxidation sites excluding steroid dienone is 1. The summed E-state index contributed by atoms with van der Waals surface area (Å²) in [6.45, 7) is 0. The van der Waals surface area contributed by atoms with Gasteiger partial charge in [0.15, 0.2) is 5.78 Å². The Balaban J connectivity index is 1.94. The molecular weight excluding hydrogens is 282 g/mol. The first kappa shape index (κ1) is 13.6. The summed E-state index contributed by atoms with van der Waals surface area (Å²) < 4.78 is 5.67. The maximum Gasteiger partial charge on any atom is 0.197 e. The number of halogens is 1. The molecule has 0 aliphatic heterocycles. The van der Waals surface area contributed by atoms with Crippen LogP contribution in [-0.2, 0) is 0 Å². The SMILES string of the molecule is COc1ccc(N/C=C\C(=O)c2ccc(Cl)s2)cc1. The van der Waals surface area contributed by atoms with Crippen LogP contribution >= 0.6 is 22.9 Å². The number of nitrogens with one attached hydrogen (secondary N) is 1. The third-order valence-electron chi connectivity index (χ3n) is 2.39. The third-order valence-corrected chi connectivity index (χ3v) is 3.64. The van der Waals surface area contributed by atoms with Crippen LogP contribution in [0.15, 0.2) is 48.7 Å². The van der Waals surface area contributed by atoms with Crippen LogP contribution in [0.5, 0.6) is 5.75 Å². The molecule has 0 bridgehead atoms. The molecule has 0 aliphatic carbocycles. The average molecular weight is 294 g/mol. The van der Waals surface area contributed by atoms with Crippen molar-refractivity contribution in [1.82, 2.24) is 0 Å². The van der Waals surface area contributed by atoms with Gasteiger partial charge in [0.1, 0.15) is 5.75 Å². The van der Waals surface area contributed by atoms with E-state index in [1.165, 1.54) is 17.4 Å². The average Bonchev–Trinajstić information content (AvgIpc) is 2.86. The Morgan fingerprint density at radius 3 is 2.58 bits per heavy atom. The second-order valence-corrected chi connectivity index (χ2v) is 5.39. The van der Waals surface area contributed by atoms with Gasteiger partial charge in [-0.25, -0.2) is 0 Å². The molecule has 2 aromatic rings. The lowest BCUT2D eigenvalue weighted by atomic mass is 10.3. The number of rotatable bonds is 5. The standard InChI is InChI=1S/C14H12ClNO2S/c1-18-11-4-2-10(3-5-11)16-9-8-12(17)13-6-7-14(15)19-13/h2-9,16H,1H3/b9-8-. The second-order valence-electron chi connectivity index (χ2n) is 3.67. The molecule has 0 radical (unpaired) electrons. The van der Waals surface area contributed by atoms with E-state index in [1.54, 1.807) is 25.4 Å². The Bertz CT molecular complexity index is 590. The minimum Gasteiger partial charge on any atom is -0.497 e. The van der Waals surface area contributed by atoms with E-state index in [4.69, 9.17) is 16.3 Å². The fourth-order valence-electron chi connectivity index (χ4n) is 1.43. The highest BCUT2D eigenvalue weighted by Crippen LogP contribution is 2.22. The molecule has 1 aromatic heterocycles. The molecule has 0 saturated heterocycles. The van der Waals surface area contributed by atoms with E-state index in [1.807, 2.05) is 24.3 Å². The lowest BCUT2D eigenvalue weighted by Crippen LogP contribution is -1.93. The van der Waals surface area contributed by atoms with Crippen molar-refractivity contribution >= 4 is 34.4 Å². The first-order valence-corrected chi connectivity index (χ1v) is 6.75. The monoisotopic (exact) mass is 293 g/mol. The maximum atomic E-state index is 11.8. The minimum absolute atomic E-state index is 0.0714. The van der Waals surface area contributed by atoms with Crippen molar-refractivity contribution in [3.8, 4) is 5.75 Å². The molecule has 1 aromatic carbocycles. The molecular formula is C14H12ClNO2S. The van der Waals surface area contributed by atoms with Crippen molar-refractivity contribution in [3.63, 3.8) is 0 Å². The molecule has 1 N–H and O–H groups in total. The number of thiophene rings is 1. The van der Waals surface area contributed by atoms with Gasteiger partial charge in [0.25, 0.3) is 0 Å². The van der Waals surface area contributed by atoms with Crippen LogP contribution in [0, 0.1) is 0 Å². The zero-order valence-electron chi connectivity index (χ0n) is 10.2. The molecule has 1 heterocycles. The van der Waals surface area contributed by atoms with E-state index < -0.39 is 0 Å². The zero-order valence-corrected chi connectivity index (χ0v) is 11.8. The molecule has 98 valence electrons. The van der Waals surface area contributed by atoms with Crippen LogP contribution in [0.1, 0.15) is 9.67 Å². The van der Waals surface area contributed by atoms with E-state index in [9.17, 15) is 4.79 Å². The summed E-state index contributed by atoms with van der Waals surface area (Å²) in [7, 11) is 1.62. The number of methoxy groups -OCH3 is 1. The zero-order chi connectivity index (χ0) is 13.7. The summed E-state index contributed by atoms with van der Waals surface area (Å²) >= 11 is 7.05. The Kier molecular flexibility index (Phi) is 4.60. The van der Waals surface area contributed by atoms with Crippen molar-refractivity contribution in [1.29, 1.82) is 0 Å². The molecule has 0 atom stereocenters. The van der Waals surface area contributed by atoms with Crippen molar-refractivity contribution in [2.75, 3.05) is 12.4 Å². The number of hydrogen-bond donors (Lipinski definition) is 1. The summed E-state index contributed by atoms with van der Waals surface area (Å²) in [5, 5.41) is 3.02. The normalized spacial score (nSPS) is 10.6. The van der Waals surface area contributed by atoms with E-state index in [0.29, 0.717) is 9.21 Å². The second kappa shape index (κ2) is 6.41. The molecule has 0 fully saturated rings. The maximum absolute atomic E-state index is 11.8.